The Kier molecular flexibility index (Phi) is 8.03. The quantitative estimate of drug-likeness (QED) is 0.173. The Hall–Kier alpha value is -9.13. The van der Waals surface area contributed by atoms with Gasteiger partial charge in [-0.1, -0.05) is 103 Å². The smallest absolute Gasteiger partial charge is 0.135 e. The zero-order chi connectivity index (χ0) is 46.3. The van der Waals surface area contributed by atoms with Gasteiger partial charge in [0.25, 0.3) is 0 Å². The molecule has 0 radical (unpaired) electrons. The van der Waals surface area contributed by atoms with E-state index >= 15 is 0 Å². The van der Waals surface area contributed by atoms with Crippen molar-refractivity contribution in [3.63, 3.8) is 0 Å². The van der Waals surface area contributed by atoms with Crippen LogP contribution in [-0.4, -0.2) is 14.1 Å². The molecule has 6 heteroatoms. The first-order valence-corrected chi connectivity index (χ1v) is 24.6. The number of furan rings is 2. The van der Waals surface area contributed by atoms with Crippen LogP contribution in [-0.2, 0) is 6.42 Å². The largest absolute Gasteiger partial charge is 0.456 e. The minimum atomic E-state index is 0.196. The van der Waals surface area contributed by atoms with E-state index in [0.717, 1.165) is 80.2 Å². The van der Waals surface area contributed by atoms with E-state index in [1.54, 1.807) is 0 Å². The minimum Gasteiger partial charge on any atom is -0.456 e. The van der Waals surface area contributed by atoms with E-state index in [9.17, 15) is 0 Å². The second kappa shape index (κ2) is 14.7. The molecule has 13 aromatic rings. The zero-order valence-corrected chi connectivity index (χ0v) is 38.5. The van der Waals surface area contributed by atoms with Crippen LogP contribution in [0.3, 0.4) is 0 Å². The average Bonchev–Trinajstić information content (AvgIpc) is 4.24. The average molecular weight is 911 g/mol. The van der Waals surface area contributed by atoms with Crippen LogP contribution in [0.15, 0.2) is 221 Å². The maximum Gasteiger partial charge on any atom is 0.135 e. The van der Waals surface area contributed by atoms with Crippen LogP contribution in [0.1, 0.15) is 41.1 Å². The number of anilines is 2. The zero-order valence-electron chi connectivity index (χ0n) is 38.5. The minimum absolute atomic E-state index is 0.196. The van der Waals surface area contributed by atoms with E-state index in [1.165, 1.54) is 83.2 Å². The summed E-state index contributed by atoms with van der Waals surface area (Å²) in [5.74, 6) is 0.196. The van der Waals surface area contributed by atoms with Gasteiger partial charge in [0, 0.05) is 66.4 Å². The van der Waals surface area contributed by atoms with Crippen LogP contribution in [0.25, 0.3) is 111 Å². The maximum absolute atomic E-state index is 6.57. The molecule has 334 valence electrons. The highest BCUT2D eigenvalue weighted by molar-refractivity contribution is 6.10. The normalized spacial score (nSPS) is 15.4. The molecule has 0 spiro atoms. The fraction of sp³-hybridized carbons (Fsp3) is 0.0615. The second-order valence-corrected chi connectivity index (χ2v) is 19.4. The lowest BCUT2D eigenvalue weighted by molar-refractivity contribution is 0.668. The molecule has 8 aromatic carbocycles. The van der Waals surface area contributed by atoms with Gasteiger partial charge in [0.05, 0.1) is 40.3 Å². The number of para-hydroxylation sites is 4. The Morgan fingerprint density at radius 1 is 0.465 bits per heavy atom. The summed E-state index contributed by atoms with van der Waals surface area (Å²) in [5, 5.41) is 8.32. The molecule has 6 heterocycles. The molecular weight excluding hydrogens is 869 g/mol. The lowest BCUT2D eigenvalue weighted by atomic mass is 9.85. The summed E-state index contributed by atoms with van der Waals surface area (Å²) in [6.07, 6.45) is 16.2. The van der Waals surface area contributed by atoms with Gasteiger partial charge in [-0.25, -0.2) is 0 Å². The lowest BCUT2D eigenvalue weighted by Gasteiger charge is -2.26. The van der Waals surface area contributed by atoms with E-state index < -0.39 is 0 Å². The molecule has 0 bridgehead atoms. The molecule has 1 unspecified atom stereocenters. The van der Waals surface area contributed by atoms with Crippen LogP contribution in [0.5, 0.6) is 0 Å². The third-order valence-electron chi connectivity index (χ3n) is 15.6. The molecule has 3 aliphatic rings. The number of hydrogen-bond acceptors (Lipinski definition) is 4. The first-order valence-electron chi connectivity index (χ1n) is 24.6. The van der Waals surface area contributed by atoms with Crippen molar-refractivity contribution in [2.45, 2.75) is 25.2 Å². The number of aromatic nitrogens is 3. The van der Waals surface area contributed by atoms with Crippen molar-refractivity contribution in [1.82, 2.24) is 14.1 Å². The summed E-state index contributed by atoms with van der Waals surface area (Å²) in [7, 11) is 0. The summed E-state index contributed by atoms with van der Waals surface area (Å²) < 4.78 is 17.5. The van der Waals surface area contributed by atoms with E-state index in [-0.39, 0.29) is 5.92 Å². The van der Waals surface area contributed by atoms with Gasteiger partial charge < -0.3 is 22.9 Å². The molecule has 16 rings (SSSR count). The van der Waals surface area contributed by atoms with Crippen molar-refractivity contribution >= 4 is 99.6 Å². The van der Waals surface area contributed by atoms with Crippen molar-refractivity contribution in [3.8, 4) is 22.5 Å². The molecule has 0 N–H and O–H groups in total. The maximum atomic E-state index is 6.57. The molecule has 5 aromatic heterocycles. The number of benzene rings is 8. The Morgan fingerprint density at radius 3 is 1.92 bits per heavy atom. The number of allylic oxidation sites excluding steroid dienone is 5. The molecule has 71 heavy (non-hydrogen) atoms. The van der Waals surface area contributed by atoms with Gasteiger partial charge in [-0.15, -0.1) is 0 Å². The molecule has 1 aliphatic heterocycles. The predicted molar refractivity (Wildman–Crippen MR) is 291 cm³/mol. The number of aryl methyl sites for hydroxylation is 1. The first-order chi connectivity index (χ1) is 35.2. The van der Waals surface area contributed by atoms with Gasteiger partial charge >= 0.3 is 0 Å². The highest BCUT2D eigenvalue weighted by Crippen LogP contribution is 2.53. The number of nitrogens with zero attached hydrogens (tertiary/aromatic N) is 4. The van der Waals surface area contributed by atoms with Crippen LogP contribution < -0.4 is 4.90 Å². The van der Waals surface area contributed by atoms with Crippen LogP contribution in [0, 0.1) is 0 Å². The standard InChI is InChI=1S/C65H42N4O2/c1-6-16-56-46(11-1)47-12-2-7-17-57(47)68(56)44-35-45(38-66-37-44)69-59-19-9-4-14-49(59)52-32-40(22-27-61(52)69)42-24-29-64-54(34-42)55-36-43(25-30-65(55)71-64)67-58-18-8-3-13-48(58)51-31-39(21-26-60(51)67)41-23-28-63-53(33-41)50-15-5-10-20-62(50)70-63/h1-2,4-12,14-31,33-38,52H,3,13,32H2. The highest BCUT2D eigenvalue weighted by atomic mass is 16.3. The summed E-state index contributed by atoms with van der Waals surface area (Å²) in [6, 6.07) is 63.8. The fourth-order valence-corrected chi connectivity index (χ4v) is 12.4. The SMILES string of the molecule is C1=Cc2c(c3cc(-c4ccc5oc6ccccc6c5c4)ccc3n2-c2ccc3oc4ccc(C5=CC=C6C(C5)c5ccccc5N6c5cncc(-n6c7ccccc7c7ccccc76)c5)cc4c3c2)CC1. The second-order valence-electron chi connectivity index (χ2n) is 19.4. The van der Waals surface area contributed by atoms with E-state index in [2.05, 4.69) is 202 Å². The molecule has 0 saturated heterocycles. The Morgan fingerprint density at radius 2 is 1.08 bits per heavy atom. The summed E-state index contributed by atoms with van der Waals surface area (Å²) >= 11 is 0. The van der Waals surface area contributed by atoms with Gasteiger partial charge in [0.1, 0.15) is 22.3 Å². The van der Waals surface area contributed by atoms with Crippen LogP contribution in [0.2, 0.25) is 0 Å². The first kappa shape index (κ1) is 38.8. The van der Waals surface area contributed by atoms with E-state index in [1.807, 2.05) is 24.5 Å². The van der Waals surface area contributed by atoms with Crippen molar-refractivity contribution in [3.05, 3.63) is 235 Å². The third-order valence-corrected chi connectivity index (χ3v) is 15.6. The van der Waals surface area contributed by atoms with Gasteiger partial charge in [-0.05, 0) is 150 Å². The Bertz CT molecular complexity index is 4480. The summed E-state index contributed by atoms with van der Waals surface area (Å²) in [5.41, 5.74) is 21.8. The fourth-order valence-electron chi connectivity index (χ4n) is 12.4. The number of fused-ring (bicyclic) bond motifs is 15. The Labute approximate surface area is 407 Å². The van der Waals surface area contributed by atoms with E-state index in [0.29, 0.717) is 0 Å². The molecule has 1 atom stereocenters. The van der Waals surface area contributed by atoms with Crippen LogP contribution in [0.4, 0.5) is 11.4 Å². The highest BCUT2D eigenvalue weighted by Gasteiger charge is 2.37. The monoisotopic (exact) mass is 910 g/mol. The Balaban J connectivity index is 0.772. The number of pyridine rings is 1. The lowest BCUT2D eigenvalue weighted by Crippen LogP contribution is -2.16. The topological polar surface area (TPSA) is 52.3 Å². The molecule has 0 saturated carbocycles. The van der Waals surface area contributed by atoms with Gasteiger partial charge in [-0.3, -0.25) is 4.98 Å². The van der Waals surface area contributed by atoms with Crippen molar-refractivity contribution in [2.24, 2.45) is 0 Å². The third kappa shape index (κ3) is 5.67. The molecule has 0 fully saturated rings. The van der Waals surface area contributed by atoms with Crippen molar-refractivity contribution in [1.29, 1.82) is 0 Å². The van der Waals surface area contributed by atoms with E-state index in [4.69, 9.17) is 13.8 Å². The molecular formula is C65H42N4O2. The number of rotatable bonds is 5. The van der Waals surface area contributed by atoms with Crippen LogP contribution >= 0.6 is 0 Å². The summed E-state index contributed by atoms with van der Waals surface area (Å²) in [4.78, 5) is 7.31. The number of hydrogen-bond donors (Lipinski definition) is 0. The summed E-state index contributed by atoms with van der Waals surface area (Å²) in [6.45, 7) is 0. The van der Waals surface area contributed by atoms with Crippen molar-refractivity contribution < 1.29 is 8.83 Å². The van der Waals surface area contributed by atoms with Gasteiger partial charge in [0.2, 0.25) is 0 Å². The van der Waals surface area contributed by atoms with Gasteiger partial charge in [-0.2, -0.15) is 0 Å². The predicted octanol–water partition coefficient (Wildman–Crippen LogP) is 17.2. The van der Waals surface area contributed by atoms with Gasteiger partial charge in [0.15, 0.2) is 0 Å². The molecule has 2 aliphatic carbocycles. The molecule has 6 nitrogen and oxygen atoms in total. The van der Waals surface area contributed by atoms with Crippen molar-refractivity contribution in [2.75, 3.05) is 4.90 Å². The molecule has 0 amide bonds.